The van der Waals surface area contributed by atoms with Crippen molar-refractivity contribution in [3.8, 4) is 5.75 Å². The third kappa shape index (κ3) is 2.24. The molecule has 0 saturated carbocycles. The minimum absolute atomic E-state index is 0.0268. The number of carbonyl (C=O) groups excluding carboxylic acids is 1. The Labute approximate surface area is 106 Å². The molecule has 1 amide bonds. The number of benzene rings is 1. The maximum absolute atomic E-state index is 12.1. The van der Waals surface area contributed by atoms with E-state index in [4.69, 9.17) is 17.0 Å². The zero-order valence-electron chi connectivity index (χ0n) is 9.77. The van der Waals surface area contributed by atoms with Crippen molar-refractivity contribution in [2.45, 2.75) is 6.92 Å². The Kier molecular flexibility index (Phi) is 3.28. The van der Waals surface area contributed by atoms with Crippen molar-refractivity contribution in [3.05, 3.63) is 24.3 Å². The monoisotopic (exact) mass is 250 g/mol. The molecule has 4 nitrogen and oxygen atoms in total. The van der Waals surface area contributed by atoms with Crippen LogP contribution in [0, 0.1) is 5.92 Å². The molecule has 1 atom stereocenters. The Morgan fingerprint density at radius 3 is 2.65 bits per heavy atom. The normalized spacial score (nSPS) is 20.1. The first-order valence-electron chi connectivity index (χ1n) is 5.39. The van der Waals surface area contributed by atoms with E-state index in [2.05, 4.69) is 5.32 Å². The zero-order valence-corrected chi connectivity index (χ0v) is 10.6. The first-order chi connectivity index (χ1) is 8.13. The highest BCUT2D eigenvalue weighted by atomic mass is 32.1. The number of hydrogen-bond acceptors (Lipinski definition) is 3. The molecular formula is C12H14N2O2S. The van der Waals surface area contributed by atoms with E-state index in [-0.39, 0.29) is 11.8 Å². The number of nitrogens with one attached hydrogen (secondary N) is 1. The largest absolute Gasteiger partial charge is 0.497 e. The number of amides is 1. The number of nitrogens with zero attached hydrogens (tertiary/aromatic N) is 1. The molecule has 0 aliphatic carbocycles. The van der Waals surface area contributed by atoms with Crippen LogP contribution in [0.5, 0.6) is 5.75 Å². The molecule has 0 aromatic heterocycles. The van der Waals surface area contributed by atoms with Gasteiger partial charge in [-0.15, -0.1) is 0 Å². The molecule has 0 unspecified atom stereocenters. The number of hydrogen-bond donors (Lipinski definition) is 1. The highest BCUT2D eigenvalue weighted by Gasteiger charge is 2.29. The van der Waals surface area contributed by atoms with Gasteiger partial charge in [0.25, 0.3) is 0 Å². The molecular weight excluding hydrogens is 236 g/mol. The molecule has 1 aromatic rings. The van der Waals surface area contributed by atoms with Gasteiger partial charge in [0, 0.05) is 6.54 Å². The highest BCUT2D eigenvalue weighted by molar-refractivity contribution is 7.80. The Morgan fingerprint density at radius 1 is 1.41 bits per heavy atom. The molecule has 0 radical (unpaired) electrons. The lowest BCUT2D eigenvalue weighted by molar-refractivity contribution is -0.121. The third-order valence-corrected chi connectivity index (χ3v) is 3.06. The van der Waals surface area contributed by atoms with Gasteiger partial charge in [-0.2, -0.15) is 0 Å². The van der Waals surface area contributed by atoms with Crippen molar-refractivity contribution in [3.63, 3.8) is 0 Å². The summed E-state index contributed by atoms with van der Waals surface area (Å²) in [5, 5.41) is 3.50. The van der Waals surface area contributed by atoms with Gasteiger partial charge < -0.3 is 10.1 Å². The smallest absolute Gasteiger partial charge is 0.237 e. The molecule has 1 aliphatic heterocycles. The van der Waals surface area contributed by atoms with E-state index in [0.29, 0.717) is 11.7 Å². The summed E-state index contributed by atoms with van der Waals surface area (Å²) in [5.74, 6) is 0.716. The predicted octanol–water partition coefficient (Wildman–Crippen LogP) is 1.55. The van der Waals surface area contributed by atoms with Crippen LogP contribution in [0.3, 0.4) is 0 Å². The number of anilines is 1. The molecule has 1 heterocycles. The fourth-order valence-electron chi connectivity index (χ4n) is 1.70. The molecule has 1 aliphatic rings. The summed E-state index contributed by atoms with van der Waals surface area (Å²) in [6.07, 6.45) is 0. The SMILES string of the molecule is COc1ccc(N2C(=O)[C@@H](C)CNC2=S)cc1. The maximum Gasteiger partial charge on any atom is 0.237 e. The number of methoxy groups -OCH3 is 1. The van der Waals surface area contributed by atoms with E-state index < -0.39 is 0 Å². The lowest BCUT2D eigenvalue weighted by Gasteiger charge is -2.32. The van der Waals surface area contributed by atoms with Gasteiger partial charge in [-0.1, -0.05) is 6.92 Å². The number of carbonyl (C=O) groups is 1. The van der Waals surface area contributed by atoms with Crippen molar-refractivity contribution in [1.82, 2.24) is 5.32 Å². The summed E-state index contributed by atoms with van der Waals surface area (Å²) < 4.78 is 5.08. The van der Waals surface area contributed by atoms with Crippen molar-refractivity contribution in [1.29, 1.82) is 0 Å². The molecule has 1 aromatic carbocycles. The molecule has 0 bridgehead atoms. The second-order valence-electron chi connectivity index (χ2n) is 3.96. The van der Waals surface area contributed by atoms with Gasteiger partial charge in [0.2, 0.25) is 5.91 Å². The van der Waals surface area contributed by atoms with E-state index in [1.165, 1.54) is 4.90 Å². The average molecular weight is 250 g/mol. The topological polar surface area (TPSA) is 41.6 Å². The minimum Gasteiger partial charge on any atom is -0.497 e. The molecule has 90 valence electrons. The van der Waals surface area contributed by atoms with Crippen LogP contribution in [-0.2, 0) is 4.79 Å². The van der Waals surface area contributed by atoms with Gasteiger partial charge in [-0.05, 0) is 36.5 Å². The Hall–Kier alpha value is -1.62. The van der Waals surface area contributed by atoms with Gasteiger partial charge in [0.15, 0.2) is 5.11 Å². The van der Waals surface area contributed by atoms with Crippen molar-refractivity contribution in [2.24, 2.45) is 5.92 Å². The quantitative estimate of drug-likeness (QED) is 0.809. The first-order valence-corrected chi connectivity index (χ1v) is 5.80. The molecule has 17 heavy (non-hydrogen) atoms. The van der Waals surface area contributed by atoms with E-state index in [1.807, 2.05) is 31.2 Å². The lowest BCUT2D eigenvalue weighted by atomic mass is 10.1. The molecule has 2 rings (SSSR count). The molecule has 1 saturated heterocycles. The van der Waals surface area contributed by atoms with Crippen LogP contribution in [0.2, 0.25) is 0 Å². The van der Waals surface area contributed by atoms with Gasteiger partial charge in [0.05, 0.1) is 18.7 Å². The maximum atomic E-state index is 12.1. The lowest BCUT2D eigenvalue weighted by Crippen LogP contribution is -2.54. The van der Waals surface area contributed by atoms with Gasteiger partial charge in [0.1, 0.15) is 5.75 Å². The molecule has 5 heteroatoms. The number of thiocarbonyl (C=S) groups is 1. The Balaban J connectivity index is 2.29. The van der Waals surface area contributed by atoms with Gasteiger partial charge in [-0.25, -0.2) is 0 Å². The number of rotatable bonds is 2. The Bertz CT molecular complexity index is 444. The van der Waals surface area contributed by atoms with Crippen LogP contribution in [0.4, 0.5) is 5.69 Å². The van der Waals surface area contributed by atoms with Gasteiger partial charge in [-0.3, -0.25) is 9.69 Å². The van der Waals surface area contributed by atoms with Crippen LogP contribution < -0.4 is 15.0 Å². The summed E-state index contributed by atoms with van der Waals surface area (Å²) in [6, 6.07) is 7.26. The summed E-state index contributed by atoms with van der Waals surface area (Å²) in [6.45, 7) is 2.48. The fourth-order valence-corrected chi connectivity index (χ4v) is 1.98. The van der Waals surface area contributed by atoms with E-state index >= 15 is 0 Å². The summed E-state index contributed by atoms with van der Waals surface area (Å²) in [5.41, 5.74) is 0.764. The minimum atomic E-state index is -0.0659. The van der Waals surface area contributed by atoms with Crippen LogP contribution >= 0.6 is 12.2 Å². The van der Waals surface area contributed by atoms with E-state index in [0.717, 1.165) is 11.4 Å². The number of ether oxygens (including phenoxy) is 1. The van der Waals surface area contributed by atoms with Crippen LogP contribution in [0.1, 0.15) is 6.92 Å². The highest BCUT2D eigenvalue weighted by Crippen LogP contribution is 2.22. The van der Waals surface area contributed by atoms with Crippen molar-refractivity contribution < 1.29 is 9.53 Å². The van der Waals surface area contributed by atoms with Crippen LogP contribution in [0.15, 0.2) is 24.3 Å². The van der Waals surface area contributed by atoms with E-state index in [1.54, 1.807) is 7.11 Å². The average Bonchev–Trinajstić information content (AvgIpc) is 2.35. The summed E-state index contributed by atoms with van der Waals surface area (Å²) in [7, 11) is 1.61. The van der Waals surface area contributed by atoms with Crippen molar-refractivity contribution >= 4 is 28.9 Å². The summed E-state index contributed by atoms with van der Waals surface area (Å²) >= 11 is 5.16. The third-order valence-electron chi connectivity index (χ3n) is 2.74. The van der Waals surface area contributed by atoms with Gasteiger partial charge >= 0.3 is 0 Å². The van der Waals surface area contributed by atoms with Crippen LogP contribution in [-0.4, -0.2) is 24.7 Å². The first kappa shape index (κ1) is 11.9. The summed E-state index contributed by atoms with van der Waals surface area (Å²) in [4.78, 5) is 13.6. The predicted molar refractivity (Wildman–Crippen MR) is 70.2 cm³/mol. The second-order valence-corrected chi connectivity index (χ2v) is 4.35. The zero-order chi connectivity index (χ0) is 12.4. The molecule has 1 fully saturated rings. The fraction of sp³-hybridized carbons (Fsp3) is 0.333. The second kappa shape index (κ2) is 4.71. The molecule has 0 spiro atoms. The molecule has 1 N–H and O–H groups in total. The Morgan fingerprint density at radius 2 is 2.06 bits per heavy atom. The van der Waals surface area contributed by atoms with E-state index in [9.17, 15) is 4.79 Å². The van der Waals surface area contributed by atoms with Crippen LogP contribution in [0.25, 0.3) is 0 Å². The standard InChI is InChI=1S/C12H14N2O2S/c1-8-7-13-12(17)14(11(8)15)9-3-5-10(16-2)6-4-9/h3-6,8H,7H2,1-2H3,(H,13,17)/t8-/m0/s1. The van der Waals surface area contributed by atoms with Crippen molar-refractivity contribution in [2.75, 3.05) is 18.6 Å².